The van der Waals surface area contributed by atoms with Gasteiger partial charge in [0.25, 0.3) is 0 Å². The number of nitrogens with zero attached hydrogens (tertiary/aromatic N) is 4. The zero-order valence-electron chi connectivity index (χ0n) is 16.4. The molecule has 1 aromatic carbocycles. The minimum Gasteiger partial charge on any atom is -0.444 e. The van der Waals surface area contributed by atoms with E-state index in [0.29, 0.717) is 38.2 Å². The first-order valence-corrected chi connectivity index (χ1v) is 9.18. The highest BCUT2D eigenvalue weighted by Gasteiger charge is 2.53. The second kappa shape index (κ2) is 6.76. The molecular formula is C20H26N4O3. The molecule has 0 aliphatic carbocycles. The molecule has 0 unspecified atom stereocenters. The topological polar surface area (TPSA) is 76.9 Å². The minimum absolute atomic E-state index is 0.0794. The lowest BCUT2D eigenvalue weighted by atomic mass is 9.85. The van der Waals surface area contributed by atoms with Crippen molar-refractivity contribution in [1.29, 1.82) is 5.26 Å². The van der Waals surface area contributed by atoms with Crippen LogP contribution >= 0.6 is 0 Å². The molecule has 2 fully saturated rings. The smallest absolute Gasteiger partial charge is 0.410 e. The molecule has 0 radical (unpaired) electrons. The Kier molecular flexibility index (Phi) is 4.77. The summed E-state index contributed by atoms with van der Waals surface area (Å²) < 4.78 is 5.46. The maximum Gasteiger partial charge on any atom is 0.410 e. The third kappa shape index (κ3) is 3.57. The number of hydrogen-bond donors (Lipinski definition) is 0. The number of amides is 2. The highest BCUT2D eigenvalue weighted by molar-refractivity contribution is 5.93. The molecule has 144 valence electrons. The molecule has 2 aliphatic heterocycles. The molecule has 1 spiro atoms. The molecule has 1 aromatic rings. The number of rotatable bonds is 1. The van der Waals surface area contributed by atoms with E-state index in [4.69, 9.17) is 10.00 Å². The molecule has 2 heterocycles. The van der Waals surface area contributed by atoms with Crippen molar-refractivity contribution in [2.75, 3.05) is 31.7 Å². The third-order valence-electron chi connectivity index (χ3n) is 5.17. The second-order valence-corrected chi connectivity index (χ2v) is 8.23. The van der Waals surface area contributed by atoms with Crippen molar-refractivity contribution in [1.82, 2.24) is 9.80 Å². The number of likely N-dealkylation sites (tertiary alicyclic amines) is 1. The number of benzene rings is 1. The Balaban J connectivity index is 1.79. The van der Waals surface area contributed by atoms with E-state index in [1.54, 1.807) is 29.0 Å². The molecule has 2 saturated heterocycles. The van der Waals surface area contributed by atoms with Gasteiger partial charge in [-0.2, -0.15) is 5.26 Å². The number of nitriles is 1. The highest BCUT2D eigenvalue weighted by Crippen LogP contribution is 2.39. The van der Waals surface area contributed by atoms with E-state index in [0.717, 1.165) is 5.69 Å². The quantitative estimate of drug-likeness (QED) is 0.759. The van der Waals surface area contributed by atoms with Crippen LogP contribution in [0.15, 0.2) is 24.3 Å². The summed E-state index contributed by atoms with van der Waals surface area (Å²) in [6.45, 7) is 6.98. The Hall–Kier alpha value is -2.75. The van der Waals surface area contributed by atoms with Crippen molar-refractivity contribution in [3.8, 4) is 6.07 Å². The lowest BCUT2D eigenvalue weighted by molar-refractivity contribution is -0.132. The van der Waals surface area contributed by atoms with Gasteiger partial charge in [-0.05, 0) is 57.9 Å². The van der Waals surface area contributed by atoms with Crippen LogP contribution in [-0.2, 0) is 9.53 Å². The number of piperidine rings is 1. The summed E-state index contributed by atoms with van der Waals surface area (Å²) in [6.07, 6.45) is 0.770. The molecule has 0 saturated carbocycles. The Morgan fingerprint density at radius 2 is 1.78 bits per heavy atom. The van der Waals surface area contributed by atoms with Gasteiger partial charge in [-0.3, -0.25) is 4.79 Å². The largest absolute Gasteiger partial charge is 0.444 e. The van der Waals surface area contributed by atoms with Crippen molar-refractivity contribution >= 4 is 17.7 Å². The number of likely N-dealkylation sites (N-methyl/N-ethyl adjacent to an activating group) is 1. The van der Waals surface area contributed by atoms with Crippen molar-refractivity contribution in [3.63, 3.8) is 0 Å². The third-order valence-corrected chi connectivity index (χ3v) is 5.17. The fraction of sp³-hybridized carbons (Fsp3) is 0.550. The predicted molar refractivity (Wildman–Crippen MR) is 101 cm³/mol. The van der Waals surface area contributed by atoms with Crippen LogP contribution in [0.5, 0.6) is 0 Å². The first-order chi connectivity index (χ1) is 12.7. The fourth-order valence-electron chi connectivity index (χ4n) is 3.80. The maximum absolute atomic E-state index is 13.0. The summed E-state index contributed by atoms with van der Waals surface area (Å²) in [7, 11) is 1.80. The van der Waals surface area contributed by atoms with Crippen LogP contribution in [-0.4, -0.2) is 59.7 Å². The Morgan fingerprint density at radius 1 is 1.19 bits per heavy atom. The van der Waals surface area contributed by atoms with Crippen molar-refractivity contribution in [2.24, 2.45) is 0 Å². The molecular weight excluding hydrogens is 344 g/mol. The van der Waals surface area contributed by atoms with E-state index >= 15 is 0 Å². The van der Waals surface area contributed by atoms with Gasteiger partial charge in [0, 0.05) is 25.8 Å². The van der Waals surface area contributed by atoms with Crippen molar-refractivity contribution < 1.29 is 14.3 Å². The molecule has 0 aromatic heterocycles. The van der Waals surface area contributed by atoms with Crippen LogP contribution in [0, 0.1) is 11.3 Å². The minimum atomic E-state index is -0.651. The van der Waals surface area contributed by atoms with Crippen LogP contribution in [0.25, 0.3) is 0 Å². The average molecular weight is 370 g/mol. The zero-order valence-corrected chi connectivity index (χ0v) is 16.4. The van der Waals surface area contributed by atoms with E-state index in [9.17, 15) is 9.59 Å². The van der Waals surface area contributed by atoms with E-state index in [2.05, 4.69) is 11.0 Å². The SMILES string of the molecule is CN1CN(c2ccc(C#N)cc2)C2(CCN(C(=O)OC(C)(C)C)CC2)C1=O. The van der Waals surface area contributed by atoms with E-state index in [1.807, 2.05) is 32.9 Å². The van der Waals surface area contributed by atoms with Gasteiger partial charge in [0.2, 0.25) is 5.91 Å². The average Bonchev–Trinajstić information content (AvgIpc) is 2.86. The molecule has 7 nitrogen and oxygen atoms in total. The normalized spacial score (nSPS) is 19.4. The lowest BCUT2D eigenvalue weighted by Crippen LogP contribution is -2.57. The van der Waals surface area contributed by atoms with Crippen molar-refractivity contribution in [3.05, 3.63) is 29.8 Å². The number of carbonyl (C=O) groups is 2. The lowest BCUT2D eigenvalue weighted by Gasteiger charge is -2.43. The molecule has 2 amide bonds. The first-order valence-electron chi connectivity index (χ1n) is 9.18. The molecule has 0 N–H and O–H groups in total. The van der Waals surface area contributed by atoms with Gasteiger partial charge >= 0.3 is 6.09 Å². The summed E-state index contributed by atoms with van der Waals surface area (Å²) in [5.74, 6) is 0.0794. The molecule has 27 heavy (non-hydrogen) atoms. The van der Waals surface area contributed by atoms with Gasteiger partial charge in [-0.1, -0.05) is 0 Å². The summed E-state index contributed by atoms with van der Waals surface area (Å²) in [4.78, 5) is 30.8. The first kappa shape index (κ1) is 19.0. The predicted octanol–water partition coefficient (Wildman–Crippen LogP) is 2.56. The van der Waals surface area contributed by atoms with Crippen molar-refractivity contribution in [2.45, 2.75) is 44.8 Å². The standard InChI is InChI=1S/C20H26N4O3/c1-19(2,3)27-18(26)23-11-9-20(10-12-23)17(25)22(4)14-24(20)16-7-5-15(13-21)6-8-16/h5-8H,9-12,14H2,1-4H3. The molecule has 3 rings (SSSR count). The molecule has 0 bridgehead atoms. The van der Waals surface area contributed by atoms with Gasteiger partial charge in [0.05, 0.1) is 18.3 Å². The molecule has 0 atom stereocenters. The van der Waals surface area contributed by atoms with E-state index < -0.39 is 11.1 Å². The number of anilines is 1. The van der Waals surface area contributed by atoms with Crippen LogP contribution in [0.4, 0.5) is 10.5 Å². The Morgan fingerprint density at radius 3 is 2.30 bits per heavy atom. The number of carbonyl (C=O) groups excluding carboxylic acids is 2. The summed E-state index contributed by atoms with van der Waals surface area (Å²) >= 11 is 0. The summed E-state index contributed by atoms with van der Waals surface area (Å²) in [5, 5.41) is 9.01. The Bertz CT molecular complexity index is 768. The van der Waals surface area contributed by atoms with Gasteiger partial charge in [0.1, 0.15) is 11.1 Å². The zero-order chi connectivity index (χ0) is 19.8. The summed E-state index contributed by atoms with van der Waals surface area (Å²) in [6, 6.07) is 9.41. The van der Waals surface area contributed by atoms with Gasteiger partial charge < -0.3 is 19.4 Å². The molecule has 2 aliphatic rings. The van der Waals surface area contributed by atoms with Crippen LogP contribution in [0.3, 0.4) is 0 Å². The Labute approximate surface area is 160 Å². The maximum atomic E-state index is 13.0. The van der Waals surface area contributed by atoms with Gasteiger partial charge in [0.15, 0.2) is 0 Å². The monoisotopic (exact) mass is 370 g/mol. The van der Waals surface area contributed by atoms with Gasteiger partial charge in [-0.25, -0.2) is 4.79 Å². The highest BCUT2D eigenvalue weighted by atomic mass is 16.6. The summed E-state index contributed by atoms with van der Waals surface area (Å²) in [5.41, 5.74) is 0.315. The van der Waals surface area contributed by atoms with E-state index in [-0.39, 0.29) is 12.0 Å². The van der Waals surface area contributed by atoms with Gasteiger partial charge in [-0.15, -0.1) is 0 Å². The second-order valence-electron chi connectivity index (χ2n) is 8.23. The van der Waals surface area contributed by atoms with Crippen LogP contribution < -0.4 is 4.90 Å². The fourth-order valence-corrected chi connectivity index (χ4v) is 3.80. The van der Waals surface area contributed by atoms with Crippen LogP contribution in [0.1, 0.15) is 39.2 Å². The molecule has 7 heteroatoms. The number of hydrogen-bond acceptors (Lipinski definition) is 5. The van der Waals surface area contributed by atoms with E-state index in [1.165, 1.54) is 0 Å². The van der Waals surface area contributed by atoms with Crippen LogP contribution in [0.2, 0.25) is 0 Å². The number of ether oxygens (including phenoxy) is 1.